The van der Waals surface area contributed by atoms with E-state index in [1.807, 2.05) is 24.3 Å². The molecule has 1 aromatic heterocycles. The molecule has 1 heterocycles. The number of aromatic amines is 1. The predicted molar refractivity (Wildman–Crippen MR) is 64.4 cm³/mol. The third kappa shape index (κ3) is 2.87. The van der Waals surface area contributed by atoms with Gasteiger partial charge in [-0.1, -0.05) is 23.7 Å². The summed E-state index contributed by atoms with van der Waals surface area (Å²) < 4.78 is 0. The summed E-state index contributed by atoms with van der Waals surface area (Å²) in [5.74, 6) is 0.824. The maximum Gasteiger partial charge on any atom is 0.243 e. The summed E-state index contributed by atoms with van der Waals surface area (Å²) in [5, 5.41) is 10.2. The molecule has 2 rings (SSSR count). The van der Waals surface area contributed by atoms with Crippen molar-refractivity contribution < 1.29 is 0 Å². The van der Waals surface area contributed by atoms with Gasteiger partial charge in [0.1, 0.15) is 0 Å². The first-order valence-electron chi connectivity index (χ1n) is 4.90. The van der Waals surface area contributed by atoms with E-state index in [-0.39, 0.29) is 0 Å². The molecule has 0 atom stereocenters. The van der Waals surface area contributed by atoms with Gasteiger partial charge in [0, 0.05) is 11.6 Å². The van der Waals surface area contributed by atoms with Crippen molar-refractivity contribution in [3.8, 4) is 0 Å². The normalized spacial score (nSPS) is 10.3. The fourth-order valence-corrected chi connectivity index (χ4v) is 1.58. The van der Waals surface area contributed by atoms with Crippen LogP contribution in [0.1, 0.15) is 5.56 Å². The van der Waals surface area contributed by atoms with Gasteiger partial charge in [-0.2, -0.15) is 4.98 Å². The Balaban J connectivity index is 1.84. The third-order valence-electron chi connectivity index (χ3n) is 2.09. The van der Waals surface area contributed by atoms with Gasteiger partial charge in [-0.3, -0.25) is 0 Å². The number of nitrogens with one attached hydrogen (secondary N) is 2. The van der Waals surface area contributed by atoms with Crippen LogP contribution in [0.2, 0.25) is 5.02 Å². The number of hydrogen-bond acceptors (Lipinski definition) is 4. The Bertz CT molecular complexity index is 468. The summed E-state index contributed by atoms with van der Waals surface area (Å²) in [5.41, 5.74) is 6.56. The lowest BCUT2D eigenvalue weighted by atomic mass is 10.1. The summed E-state index contributed by atoms with van der Waals surface area (Å²) in [6, 6.07) is 7.76. The maximum absolute atomic E-state index is 5.88. The summed E-state index contributed by atoms with van der Waals surface area (Å²) in [6.45, 7) is 0.734. The van der Waals surface area contributed by atoms with Gasteiger partial charge in [0.25, 0.3) is 0 Å². The van der Waals surface area contributed by atoms with Crippen molar-refractivity contribution in [1.82, 2.24) is 15.2 Å². The molecule has 5 nitrogen and oxygen atoms in total. The second-order valence-electron chi connectivity index (χ2n) is 3.35. The number of nitrogen functional groups attached to an aromatic ring is 1. The van der Waals surface area contributed by atoms with Gasteiger partial charge < -0.3 is 11.1 Å². The number of nitrogens with zero attached hydrogens (tertiary/aromatic N) is 2. The smallest absolute Gasteiger partial charge is 0.243 e. The van der Waals surface area contributed by atoms with Crippen molar-refractivity contribution in [2.75, 3.05) is 17.6 Å². The van der Waals surface area contributed by atoms with Gasteiger partial charge in [0.2, 0.25) is 11.9 Å². The number of nitrogens with two attached hydrogens (primary N) is 1. The molecular weight excluding hydrogens is 226 g/mol. The van der Waals surface area contributed by atoms with Crippen LogP contribution in [-0.2, 0) is 6.42 Å². The van der Waals surface area contributed by atoms with Crippen LogP contribution in [0.25, 0.3) is 0 Å². The van der Waals surface area contributed by atoms with Crippen molar-refractivity contribution in [2.24, 2.45) is 0 Å². The molecule has 0 unspecified atom stereocenters. The van der Waals surface area contributed by atoms with Crippen molar-refractivity contribution in [2.45, 2.75) is 6.42 Å². The van der Waals surface area contributed by atoms with Crippen LogP contribution in [0.5, 0.6) is 0 Å². The average molecular weight is 238 g/mol. The minimum Gasteiger partial charge on any atom is -0.368 e. The van der Waals surface area contributed by atoms with Crippen molar-refractivity contribution in [3.05, 3.63) is 34.9 Å². The zero-order valence-corrected chi connectivity index (χ0v) is 9.33. The predicted octanol–water partition coefficient (Wildman–Crippen LogP) is 1.69. The summed E-state index contributed by atoms with van der Waals surface area (Å²) in [6.07, 6.45) is 0.856. The van der Waals surface area contributed by atoms with E-state index in [0.717, 1.165) is 18.0 Å². The molecule has 2 aromatic rings. The van der Waals surface area contributed by atoms with E-state index in [1.54, 1.807) is 0 Å². The van der Waals surface area contributed by atoms with Gasteiger partial charge in [-0.25, -0.2) is 5.10 Å². The Morgan fingerprint density at radius 2 is 2.31 bits per heavy atom. The Hall–Kier alpha value is -1.75. The van der Waals surface area contributed by atoms with E-state index in [9.17, 15) is 0 Å². The van der Waals surface area contributed by atoms with Crippen LogP contribution in [0, 0.1) is 0 Å². The minimum atomic E-state index is 0.310. The maximum atomic E-state index is 5.88. The molecule has 0 fully saturated rings. The first-order valence-corrected chi connectivity index (χ1v) is 5.28. The molecule has 0 aliphatic carbocycles. The first-order chi connectivity index (χ1) is 7.74. The van der Waals surface area contributed by atoms with Crippen LogP contribution in [0.3, 0.4) is 0 Å². The number of benzene rings is 1. The highest BCUT2D eigenvalue weighted by molar-refractivity contribution is 6.30. The Kier molecular flexibility index (Phi) is 3.26. The number of anilines is 2. The molecule has 0 aliphatic rings. The SMILES string of the molecule is Nc1nc(NCCc2cccc(Cl)c2)n[nH]1. The van der Waals surface area contributed by atoms with Gasteiger partial charge in [-0.05, 0) is 24.1 Å². The first kappa shape index (κ1) is 10.8. The zero-order chi connectivity index (χ0) is 11.4. The molecule has 6 heteroatoms. The molecule has 0 aliphatic heterocycles. The number of hydrogen-bond donors (Lipinski definition) is 3. The zero-order valence-electron chi connectivity index (χ0n) is 8.57. The van der Waals surface area contributed by atoms with Crippen molar-refractivity contribution in [3.63, 3.8) is 0 Å². The molecular formula is C10H12ClN5. The largest absolute Gasteiger partial charge is 0.368 e. The molecule has 1 aromatic carbocycles. The molecule has 0 saturated heterocycles. The van der Waals surface area contributed by atoms with Crippen LogP contribution in [-0.4, -0.2) is 21.7 Å². The molecule has 4 N–H and O–H groups in total. The lowest BCUT2D eigenvalue weighted by Gasteiger charge is -2.02. The summed E-state index contributed by atoms with van der Waals surface area (Å²) in [4.78, 5) is 3.93. The lowest BCUT2D eigenvalue weighted by molar-refractivity contribution is 0.985. The molecule has 0 spiro atoms. The summed E-state index contributed by atoms with van der Waals surface area (Å²) in [7, 11) is 0. The van der Waals surface area contributed by atoms with Gasteiger partial charge in [-0.15, -0.1) is 5.10 Å². The van der Waals surface area contributed by atoms with E-state index in [2.05, 4.69) is 20.5 Å². The highest BCUT2D eigenvalue weighted by Crippen LogP contribution is 2.11. The van der Waals surface area contributed by atoms with E-state index < -0.39 is 0 Å². The quantitative estimate of drug-likeness (QED) is 0.756. The third-order valence-corrected chi connectivity index (χ3v) is 2.32. The topological polar surface area (TPSA) is 79.6 Å². The molecule has 0 amide bonds. The Morgan fingerprint density at radius 3 is 3.00 bits per heavy atom. The number of halogens is 1. The van der Waals surface area contributed by atoms with E-state index in [4.69, 9.17) is 17.3 Å². The van der Waals surface area contributed by atoms with Crippen LogP contribution >= 0.6 is 11.6 Å². The van der Waals surface area contributed by atoms with E-state index in [1.165, 1.54) is 5.56 Å². The van der Waals surface area contributed by atoms with Gasteiger partial charge >= 0.3 is 0 Å². The fourth-order valence-electron chi connectivity index (χ4n) is 1.36. The van der Waals surface area contributed by atoms with Crippen LogP contribution in [0.4, 0.5) is 11.9 Å². The number of aromatic nitrogens is 3. The van der Waals surface area contributed by atoms with Gasteiger partial charge in [0.15, 0.2) is 0 Å². The summed E-state index contributed by atoms with van der Waals surface area (Å²) >= 11 is 5.88. The number of rotatable bonds is 4. The molecule has 0 saturated carbocycles. The molecule has 0 radical (unpaired) electrons. The van der Waals surface area contributed by atoms with E-state index >= 15 is 0 Å². The van der Waals surface area contributed by atoms with E-state index in [0.29, 0.717) is 11.9 Å². The van der Waals surface area contributed by atoms with Crippen molar-refractivity contribution >= 4 is 23.5 Å². The second-order valence-corrected chi connectivity index (χ2v) is 3.79. The second kappa shape index (κ2) is 4.85. The van der Waals surface area contributed by atoms with Crippen LogP contribution < -0.4 is 11.1 Å². The Labute approximate surface area is 98.0 Å². The van der Waals surface area contributed by atoms with Crippen molar-refractivity contribution in [1.29, 1.82) is 0 Å². The van der Waals surface area contributed by atoms with Gasteiger partial charge in [0.05, 0.1) is 0 Å². The number of H-pyrrole nitrogens is 1. The monoisotopic (exact) mass is 237 g/mol. The fraction of sp³-hybridized carbons (Fsp3) is 0.200. The minimum absolute atomic E-state index is 0.310. The molecule has 84 valence electrons. The lowest BCUT2D eigenvalue weighted by Crippen LogP contribution is -2.06. The van der Waals surface area contributed by atoms with Crippen LogP contribution in [0.15, 0.2) is 24.3 Å². The Morgan fingerprint density at radius 1 is 1.44 bits per heavy atom. The highest BCUT2D eigenvalue weighted by atomic mass is 35.5. The average Bonchev–Trinajstić information content (AvgIpc) is 2.64. The highest BCUT2D eigenvalue weighted by Gasteiger charge is 1.99. The molecule has 0 bridgehead atoms. The molecule has 16 heavy (non-hydrogen) atoms. The standard InChI is InChI=1S/C10H12ClN5/c11-8-3-1-2-7(6-8)4-5-13-10-14-9(12)15-16-10/h1-3,6H,4-5H2,(H4,12,13,14,15,16).